The van der Waals surface area contributed by atoms with E-state index in [1.165, 1.54) is 32.4 Å². The van der Waals surface area contributed by atoms with Crippen LogP contribution in [0.3, 0.4) is 0 Å². The zero-order valence-corrected chi connectivity index (χ0v) is 14.1. The number of ether oxygens (including phenoxy) is 3. The van der Waals surface area contributed by atoms with Gasteiger partial charge in [0.2, 0.25) is 0 Å². The topological polar surface area (TPSA) is 82.1 Å². The summed E-state index contributed by atoms with van der Waals surface area (Å²) in [4.78, 5) is 23.8. The van der Waals surface area contributed by atoms with E-state index in [-0.39, 0.29) is 28.4 Å². The van der Waals surface area contributed by atoms with Crippen LogP contribution >= 0.6 is 0 Å². The molecule has 0 fully saturated rings. The van der Waals surface area contributed by atoms with E-state index in [2.05, 4.69) is 0 Å². The van der Waals surface area contributed by atoms with E-state index in [1.54, 1.807) is 37.5 Å². The molecule has 0 aromatic heterocycles. The third kappa shape index (κ3) is 4.17. The van der Waals surface area contributed by atoms with Crippen molar-refractivity contribution in [3.8, 4) is 17.2 Å². The highest BCUT2D eigenvalue weighted by Crippen LogP contribution is 2.30. The first kappa shape index (κ1) is 18.1. The van der Waals surface area contributed by atoms with Gasteiger partial charge in [0.1, 0.15) is 22.8 Å². The predicted octanol–water partition coefficient (Wildman–Crippen LogP) is 3.31. The first-order valence-electron chi connectivity index (χ1n) is 7.36. The van der Waals surface area contributed by atoms with Gasteiger partial charge in [-0.2, -0.15) is 0 Å². The van der Waals surface area contributed by atoms with Crippen molar-refractivity contribution in [3.63, 3.8) is 0 Å². The molecule has 0 bridgehead atoms. The van der Waals surface area contributed by atoms with Crippen LogP contribution < -0.4 is 14.2 Å². The average molecular weight is 342 g/mol. The fraction of sp³-hybridized carbons (Fsp3) is 0.158. The van der Waals surface area contributed by atoms with Crippen molar-refractivity contribution in [2.24, 2.45) is 0 Å². The fourth-order valence-electron chi connectivity index (χ4n) is 2.24. The van der Waals surface area contributed by atoms with Gasteiger partial charge in [-0.3, -0.25) is 4.79 Å². The number of benzene rings is 2. The average Bonchev–Trinajstić information content (AvgIpc) is 2.65. The molecule has 0 saturated carbocycles. The van der Waals surface area contributed by atoms with Crippen LogP contribution in [0.25, 0.3) is 6.08 Å². The summed E-state index contributed by atoms with van der Waals surface area (Å²) >= 11 is 0. The smallest absolute Gasteiger partial charge is 0.339 e. The molecule has 1 N–H and O–H groups in total. The SMILES string of the molecule is COc1ccc(C=CC(=O)c2cc(C(=O)O)c(OC)cc2OC)cc1. The number of carbonyl (C=O) groups excluding carboxylic acids is 1. The first-order valence-corrected chi connectivity index (χ1v) is 7.36. The highest BCUT2D eigenvalue weighted by Gasteiger charge is 2.19. The minimum absolute atomic E-state index is 0.107. The number of hydrogen-bond donors (Lipinski definition) is 1. The Morgan fingerprint density at radius 1 is 0.880 bits per heavy atom. The summed E-state index contributed by atoms with van der Waals surface area (Å²) in [6.45, 7) is 0. The zero-order valence-electron chi connectivity index (χ0n) is 14.1. The normalized spacial score (nSPS) is 10.5. The van der Waals surface area contributed by atoms with Gasteiger partial charge in [-0.25, -0.2) is 4.79 Å². The second-order valence-corrected chi connectivity index (χ2v) is 5.03. The monoisotopic (exact) mass is 342 g/mol. The van der Waals surface area contributed by atoms with Crippen molar-refractivity contribution in [2.45, 2.75) is 0 Å². The number of rotatable bonds is 7. The van der Waals surface area contributed by atoms with E-state index in [1.807, 2.05) is 0 Å². The molecule has 0 atom stereocenters. The molecular formula is C19H18O6. The Bertz CT molecular complexity index is 805. The number of aromatic carboxylic acids is 1. The van der Waals surface area contributed by atoms with Gasteiger partial charge in [-0.15, -0.1) is 0 Å². The Kier molecular flexibility index (Phi) is 5.79. The Balaban J connectivity index is 2.35. The Morgan fingerprint density at radius 3 is 2.00 bits per heavy atom. The minimum atomic E-state index is -1.19. The first-order chi connectivity index (χ1) is 12.0. The van der Waals surface area contributed by atoms with Crippen molar-refractivity contribution < 1.29 is 28.9 Å². The highest BCUT2D eigenvalue weighted by molar-refractivity contribution is 6.10. The van der Waals surface area contributed by atoms with E-state index in [4.69, 9.17) is 14.2 Å². The van der Waals surface area contributed by atoms with Crippen LogP contribution in [0.4, 0.5) is 0 Å². The molecule has 2 rings (SSSR count). The fourth-order valence-corrected chi connectivity index (χ4v) is 2.24. The van der Waals surface area contributed by atoms with Gasteiger partial charge in [-0.05, 0) is 29.8 Å². The molecule has 0 heterocycles. The lowest BCUT2D eigenvalue weighted by Gasteiger charge is -2.11. The Morgan fingerprint density at radius 2 is 1.48 bits per heavy atom. The number of carboxylic acid groups (broad SMARTS) is 1. The summed E-state index contributed by atoms with van der Waals surface area (Å²) in [7, 11) is 4.33. The predicted molar refractivity (Wildman–Crippen MR) is 92.9 cm³/mol. The maximum atomic E-state index is 12.5. The molecular weight excluding hydrogens is 324 g/mol. The molecule has 130 valence electrons. The molecule has 25 heavy (non-hydrogen) atoms. The van der Waals surface area contributed by atoms with Gasteiger partial charge < -0.3 is 19.3 Å². The molecule has 0 aliphatic carbocycles. The van der Waals surface area contributed by atoms with E-state index in [0.29, 0.717) is 5.75 Å². The summed E-state index contributed by atoms with van der Waals surface area (Å²) in [5.74, 6) is -0.483. The Labute approximate surface area is 145 Å². The van der Waals surface area contributed by atoms with E-state index in [0.717, 1.165) is 5.56 Å². The van der Waals surface area contributed by atoms with Crippen molar-refractivity contribution in [2.75, 3.05) is 21.3 Å². The molecule has 0 radical (unpaired) electrons. The minimum Gasteiger partial charge on any atom is -0.497 e. The number of carbonyl (C=O) groups is 2. The summed E-state index contributed by atoms with van der Waals surface area (Å²) in [6, 6.07) is 9.80. The lowest BCUT2D eigenvalue weighted by Crippen LogP contribution is -2.06. The summed E-state index contributed by atoms with van der Waals surface area (Å²) in [5, 5.41) is 9.26. The van der Waals surface area contributed by atoms with Crippen LogP contribution in [0.1, 0.15) is 26.3 Å². The molecule has 6 nitrogen and oxygen atoms in total. The second-order valence-electron chi connectivity index (χ2n) is 5.03. The molecule has 2 aromatic rings. The van der Waals surface area contributed by atoms with Crippen LogP contribution in [0, 0.1) is 0 Å². The van der Waals surface area contributed by atoms with Crippen LogP contribution in [0.2, 0.25) is 0 Å². The number of ketones is 1. The van der Waals surface area contributed by atoms with E-state index in [9.17, 15) is 14.7 Å². The molecule has 0 amide bonds. The zero-order chi connectivity index (χ0) is 18.4. The van der Waals surface area contributed by atoms with E-state index < -0.39 is 5.97 Å². The number of methoxy groups -OCH3 is 3. The van der Waals surface area contributed by atoms with Gasteiger partial charge in [0.05, 0.1) is 26.9 Å². The maximum Gasteiger partial charge on any atom is 0.339 e. The molecule has 0 aliphatic heterocycles. The summed E-state index contributed by atoms with van der Waals surface area (Å²) < 4.78 is 15.3. The largest absolute Gasteiger partial charge is 0.497 e. The quantitative estimate of drug-likeness (QED) is 0.614. The standard InChI is InChI=1S/C19H18O6/c1-23-13-7-4-12(5-8-13)6-9-16(20)14-10-15(19(21)22)18(25-3)11-17(14)24-2/h4-11H,1-3H3,(H,21,22). The Hall–Kier alpha value is -3.28. The number of hydrogen-bond acceptors (Lipinski definition) is 5. The molecule has 0 unspecified atom stereocenters. The van der Waals surface area contributed by atoms with Gasteiger partial charge in [0.15, 0.2) is 5.78 Å². The molecule has 2 aromatic carbocycles. The second kappa shape index (κ2) is 8.01. The lowest BCUT2D eigenvalue weighted by atomic mass is 10.0. The van der Waals surface area contributed by atoms with Gasteiger partial charge in [-0.1, -0.05) is 18.2 Å². The van der Waals surface area contributed by atoms with E-state index >= 15 is 0 Å². The van der Waals surface area contributed by atoms with Crippen molar-refractivity contribution >= 4 is 17.8 Å². The van der Waals surface area contributed by atoms with Crippen molar-refractivity contribution in [1.29, 1.82) is 0 Å². The molecule has 0 spiro atoms. The van der Waals surface area contributed by atoms with Crippen LogP contribution in [-0.2, 0) is 0 Å². The molecule has 6 heteroatoms. The van der Waals surface area contributed by atoms with Gasteiger partial charge in [0.25, 0.3) is 0 Å². The van der Waals surface area contributed by atoms with Crippen LogP contribution in [-0.4, -0.2) is 38.2 Å². The third-order valence-corrected chi connectivity index (χ3v) is 3.56. The molecule has 0 aliphatic rings. The highest BCUT2D eigenvalue weighted by atomic mass is 16.5. The van der Waals surface area contributed by atoms with Gasteiger partial charge >= 0.3 is 5.97 Å². The van der Waals surface area contributed by atoms with Gasteiger partial charge in [0, 0.05) is 6.07 Å². The van der Waals surface area contributed by atoms with Crippen LogP contribution in [0.15, 0.2) is 42.5 Å². The summed E-state index contributed by atoms with van der Waals surface area (Å²) in [5.41, 5.74) is 0.843. The lowest BCUT2D eigenvalue weighted by molar-refractivity contribution is 0.0693. The molecule has 0 saturated heterocycles. The summed E-state index contributed by atoms with van der Waals surface area (Å²) in [6.07, 6.45) is 2.99. The van der Waals surface area contributed by atoms with Crippen molar-refractivity contribution in [3.05, 3.63) is 59.2 Å². The maximum absolute atomic E-state index is 12.5. The number of allylic oxidation sites excluding steroid dienone is 1. The number of carboxylic acids is 1. The van der Waals surface area contributed by atoms with Crippen molar-refractivity contribution in [1.82, 2.24) is 0 Å². The van der Waals surface area contributed by atoms with Crippen LogP contribution in [0.5, 0.6) is 17.2 Å². The third-order valence-electron chi connectivity index (χ3n) is 3.56.